The summed E-state index contributed by atoms with van der Waals surface area (Å²) in [5, 5.41) is 0. The van der Waals surface area contributed by atoms with Crippen LogP contribution in [0.25, 0.3) is 0 Å². The van der Waals surface area contributed by atoms with Crippen LogP contribution in [0.4, 0.5) is 0 Å². The van der Waals surface area contributed by atoms with Gasteiger partial charge in [-0.1, -0.05) is 20.8 Å². The molecule has 84 valence electrons. The molecule has 0 spiro atoms. The Morgan fingerprint density at radius 3 is 2.14 bits per heavy atom. The molecule has 2 N–H and O–H groups in total. The average molecular weight is 198 g/mol. The van der Waals surface area contributed by atoms with Crippen LogP contribution in [0, 0.1) is 5.41 Å². The van der Waals surface area contributed by atoms with Gasteiger partial charge in [0, 0.05) is 18.1 Å². The van der Waals surface area contributed by atoms with Gasteiger partial charge in [0.15, 0.2) is 0 Å². The number of hydrogen-bond donors (Lipinski definition) is 1. The van der Waals surface area contributed by atoms with Gasteiger partial charge in [-0.05, 0) is 38.6 Å². The number of rotatable bonds is 3. The molecule has 0 amide bonds. The van der Waals surface area contributed by atoms with Crippen LogP contribution < -0.4 is 5.73 Å². The van der Waals surface area contributed by atoms with Gasteiger partial charge in [-0.15, -0.1) is 0 Å². The molecule has 1 fully saturated rings. The summed E-state index contributed by atoms with van der Waals surface area (Å²) in [6, 6.07) is 0.587. The summed E-state index contributed by atoms with van der Waals surface area (Å²) in [5.74, 6) is 0. The molecular formula is C12H26N2. The summed E-state index contributed by atoms with van der Waals surface area (Å²) in [7, 11) is 2.20. The van der Waals surface area contributed by atoms with Crippen molar-refractivity contribution in [3.8, 4) is 0 Å². The average Bonchev–Trinajstić information content (AvgIpc) is 1.98. The molecule has 0 aliphatic heterocycles. The molecule has 1 saturated carbocycles. The first-order valence-electron chi connectivity index (χ1n) is 5.74. The molecule has 0 aromatic rings. The van der Waals surface area contributed by atoms with Gasteiger partial charge in [-0.2, -0.15) is 0 Å². The van der Waals surface area contributed by atoms with E-state index < -0.39 is 0 Å². The van der Waals surface area contributed by atoms with E-state index in [0.29, 0.717) is 11.5 Å². The molecule has 1 aliphatic rings. The van der Waals surface area contributed by atoms with Crippen molar-refractivity contribution < 1.29 is 0 Å². The van der Waals surface area contributed by atoms with Crippen molar-refractivity contribution in [1.82, 2.24) is 4.90 Å². The molecule has 1 unspecified atom stereocenters. The Balaban J connectivity index is 2.45. The summed E-state index contributed by atoms with van der Waals surface area (Å²) < 4.78 is 0. The monoisotopic (exact) mass is 198 g/mol. The van der Waals surface area contributed by atoms with Gasteiger partial charge in [-0.3, -0.25) is 0 Å². The number of nitrogens with two attached hydrogens (primary N) is 1. The number of likely N-dealkylation sites (N-methyl/N-ethyl adjacent to an activating group) is 1. The van der Waals surface area contributed by atoms with Crippen molar-refractivity contribution in [3.63, 3.8) is 0 Å². The Hall–Kier alpha value is -0.0800. The van der Waals surface area contributed by atoms with Gasteiger partial charge in [0.25, 0.3) is 0 Å². The van der Waals surface area contributed by atoms with Crippen LogP contribution >= 0.6 is 0 Å². The zero-order valence-electron chi connectivity index (χ0n) is 10.4. The minimum Gasteiger partial charge on any atom is -0.324 e. The smallest absolute Gasteiger partial charge is 0.0283 e. The summed E-state index contributed by atoms with van der Waals surface area (Å²) in [4.78, 5) is 2.42. The van der Waals surface area contributed by atoms with E-state index >= 15 is 0 Å². The molecule has 0 aromatic carbocycles. The normalized spacial score (nSPS) is 23.4. The van der Waals surface area contributed by atoms with Gasteiger partial charge >= 0.3 is 0 Å². The Labute approximate surface area is 88.8 Å². The first-order valence-corrected chi connectivity index (χ1v) is 5.74. The zero-order valence-corrected chi connectivity index (χ0v) is 10.4. The van der Waals surface area contributed by atoms with E-state index in [1.807, 2.05) is 0 Å². The molecule has 1 aliphatic carbocycles. The molecule has 0 radical (unpaired) electrons. The maximum Gasteiger partial charge on any atom is 0.0283 e. The highest BCUT2D eigenvalue weighted by Crippen LogP contribution is 2.32. The maximum atomic E-state index is 6.24. The van der Waals surface area contributed by atoms with Crippen molar-refractivity contribution in [2.75, 3.05) is 13.6 Å². The van der Waals surface area contributed by atoms with E-state index in [1.165, 1.54) is 19.3 Å². The third-order valence-corrected chi connectivity index (χ3v) is 3.83. The number of nitrogens with zero attached hydrogens (tertiary/aromatic N) is 1. The Kier molecular flexibility index (Phi) is 3.27. The predicted octanol–water partition coefficient (Wildman–Crippen LogP) is 2.23. The Bertz CT molecular complexity index is 189. The molecule has 1 rings (SSSR count). The van der Waals surface area contributed by atoms with Crippen molar-refractivity contribution in [1.29, 1.82) is 0 Å². The second-order valence-corrected chi connectivity index (χ2v) is 6.17. The fourth-order valence-corrected chi connectivity index (χ4v) is 2.08. The van der Waals surface area contributed by atoms with Crippen molar-refractivity contribution in [2.24, 2.45) is 11.1 Å². The van der Waals surface area contributed by atoms with E-state index in [-0.39, 0.29) is 5.54 Å². The molecule has 0 aromatic heterocycles. The van der Waals surface area contributed by atoms with Gasteiger partial charge in [-0.25, -0.2) is 0 Å². The minimum absolute atomic E-state index is 0.119. The van der Waals surface area contributed by atoms with Crippen LogP contribution in [-0.4, -0.2) is 30.1 Å². The van der Waals surface area contributed by atoms with Crippen LogP contribution in [0.1, 0.15) is 47.0 Å². The van der Waals surface area contributed by atoms with E-state index in [0.717, 1.165) is 6.54 Å². The molecule has 0 heterocycles. The lowest BCUT2D eigenvalue weighted by Crippen LogP contribution is -2.57. The Morgan fingerprint density at radius 2 is 1.86 bits per heavy atom. The molecule has 2 nitrogen and oxygen atoms in total. The highest BCUT2D eigenvalue weighted by molar-refractivity contribution is 4.96. The predicted molar refractivity (Wildman–Crippen MR) is 62.3 cm³/mol. The summed E-state index contributed by atoms with van der Waals surface area (Å²) in [5.41, 5.74) is 6.70. The summed E-state index contributed by atoms with van der Waals surface area (Å²) in [6.45, 7) is 10.2. The molecule has 14 heavy (non-hydrogen) atoms. The number of hydrogen-bond acceptors (Lipinski definition) is 2. The standard InChI is InChI=1S/C12H26N2/c1-10(11(2,3)4)14(5)9-12(13)7-6-8-12/h10H,6-9,13H2,1-5H3. The lowest BCUT2D eigenvalue weighted by Gasteiger charge is -2.45. The third-order valence-electron chi connectivity index (χ3n) is 3.83. The molecule has 1 atom stereocenters. The van der Waals surface area contributed by atoms with E-state index in [2.05, 4.69) is 39.6 Å². The lowest BCUT2D eigenvalue weighted by atomic mass is 9.76. The minimum atomic E-state index is 0.119. The molecular weight excluding hydrogens is 172 g/mol. The second-order valence-electron chi connectivity index (χ2n) is 6.17. The van der Waals surface area contributed by atoms with Crippen molar-refractivity contribution in [2.45, 2.75) is 58.5 Å². The quantitative estimate of drug-likeness (QED) is 0.753. The topological polar surface area (TPSA) is 29.3 Å². The van der Waals surface area contributed by atoms with E-state index in [1.54, 1.807) is 0 Å². The van der Waals surface area contributed by atoms with Gasteiger partial charge < -0.3 is 10.6 Å². The fourth-order valence-electron chi connectivity index (χ4n) is 2.08. The lowest BCUT2D eigenvalue weighted by molar-refractivity contribution is 0.0862. The molecule has 0 saturated heterocycles. The fraction of sp³-hybridized carbons (Fsp3) is 1.00. The van der Waals surface area contributed by atoms with Crippen LogP contribution in [0.5, 0.6) is 0 Å². The van der Waals surface area contributed by atoms with Crippen LogP contribution in [-0.2, 0) is 0 Å². The van der Waals surface area contributed by atoms with Crippen molar-refractivity contribution >= 4 is 0 Å². The highest BCUT2D eigenvalue weighted by Gasteiger charge is 2.36. The van der Waals surface area contributed by atoms with Gasteiger partial charge in [0.2, 0.25) is 0 Å². The van der Waals surface area contributed by atoms with Crippen molar-refractivity contribution in [3.05, 3.63) is 0 Å². The first-order chi connectivity index (χ1) is 6.25. The van der Waals surface area contributed by atoms with Gasteiger partial charge in [0.1, 0.15) is 0 Å². The maximum absolute atomic E-state index is 6.24. The first kappa shape index (κ1) is 12.0. The summed E-state index contributed by atoms with van der Waals surface area (Å²) in [6.07, 6.45) is 3.72. The molecule has 2 heteroatoms. The highest BCUT2D eigenvalue weighted by atomic mass is 15.2. The third kappa shape index (κ3) is 2.71. The van der Waals surface area contributed by atoms with Crippen LogP contribution in [0.15, 0.2) is 0 Å². The molecule has 0 bridgehead atoms. The zero-order chi connectivity index (χ0) is 11.0. The Morgan fingerprint density at radius 1 is 1.36 bits per heavy atom. The summed E-state index contributed by atoms with van der Waals surface area (Å²) >= 11 is 0. The van der Waals surface area contributed by atoms with Crippen LogP contribution in [0.3, 0.4) is 0 Å². The SMILES string of the molecule is CC(N(C)CC1(N)CCC1)C(C)(C)C. The van der Waals surface area contributed by atoms with Gasteiger partial charge in [0.05, 0.1) is 0 Å². The van der Waals surface area contributed by atoms with E-state index in [4.69, 9.17) is 5.73 Å². The van der Waals surface area contributed by atoms with Crippen LogP contribution in [0.2, 0.25) is 0 Å². The van der Waals surface area contributed by atoms with E-state index in [9.17, 15) is 0 Å². The largest absolute Gasteiger partial charge is 0.324 e. The second kappa shape index (κ2) is 3.82.